The Labute approximate surface area is 125 Å². The van der Waals surface area contributed by atoms with Crippen LogP contribution in [0.25, 0.3) is 11.5 Å². The molecule has 3 aromatic rings. The Balaban J connectivity index is 1.76. The van der Waals surface area contributed by atoms with Crippen molar-refractivity contribution in [3.8, 4) is 11.5 Å². The van der Waals surface area contributed by atoms with Gasteiger partial charge >= 0.3 is 0 Å². The summed E-state index contributed by atoms with van der Waals surface area (Å²) in [6.07, 6.45) is 0. The smallest absolute Gasteiger partial charge is 0.258 e. The maximum atomic E-state index is 13.5. The molecule has 0 atom stereocenters. The molecule has 0 aliphatic carbocycles. The van der Waals surface area contributed by atoms with Crippen molar-refractivity contribution in [3.05, 3.63) is 65.7 Å². The second-order valence-corrected chi connectivity index (χ2v) is 4.66. The minimum Gasteiger partial charge on any atom is -0.334 e. The second-order valence-electron chi connectivity index (χ2n) is 4.66. The van der Waals surface area contributed by atoms with Gasteiger partial charge in [0.25, 0.3) is 11.8 Å². The number of halogens is 1. The summed E-state index contributed by atoms with van der Waals surface area (Å²) in [5, 5.41) is 6.35. The van der Waals surface area contributed by atoms with Crippen LogP contribution in [0.3, 0.4) is 0 Å². The van der Waals surface area contributed by atoms with Gasteiger partial charge in [0, 0.05) is 11.3 Å². The number of anilines is 1. The normalized spacial score (nSPS) is 10.5. The number of aromatic nitrogens is 2. The summed E-state index contributed by atoms with van der Waals surface area (Å²) >= 11 is 0. The minimum absolute atomic E-state index is 0.000831. The van der Waals surface area contributed by atoms with E-state index in [1.54, 1.807) is 37.3 Å². The predicted molar refractivity (Wildman–Crippen MR) is 78.8 cm³/mol. The van der Waals surface area contributed by atoms with Crippen LogP contribution < -0.4 is 5.32 Å². The largest absolute Gasteiger partial charge is 0.334 e. The zero-order valence-electron chi connectivity index (χ0n) is 11.7. The molecule has 1 heterocycles. The summed E-state index contributed by atoms with van der Waals surface area (Å²) in [5.74, 6) is -0.103. The fourth-order valence-corrected chi connectivity index (χ4v) is 1.95. The number of aryl methyl sites for hydroxylation is 1. The monoisotopic (exact) mass is 297 g/mol. The maximum Gasteiger partial charge on any atom is 0.258 e. The molecule has 1 N–H and O–H groups in total. The molecule has 0 fully saturated rings. The van der Waals surface area contributed by atoms with E-state index in [4.69, 9.17) is 4.52 Å². The van der Waals surface area contributed by atoms with Crippen LogP contribution in [-0.2, 0) is 0 Å². The zero-order valence-corrected chi connectivity index (χ0v) is 11.7. The number of rotatable bonds is 3. The van der Waals surface area contributed by atoms with Crippen molar-refractivity contribution in [2.45, 2.75) is 6.92 Å². The number of hydrogen-bond donors (Lipinski definition) is 1. The minimum atomic E-state index is -0.557. The Bertz CT molecular complexity index is 812. The average Bonchev–Trinajstić information content (AvgIpc) is 2.95. The fourth-order valence-electron chi connectivity index (χ4n) is 1.95. The van der Waals surface area contributed by atoms with Crippen LogP contribution in [-0.4, -0.2) is 16.0 Å². The summed E-state index contributed by atoms with van der Waals surface area (Å²) in [5.41, 5.74) is 1.29. The Morgan fingerprint density at radius 2 is 1.86 bits per heavy atom. The molecule has 5 nitrogen and oxygen atoms in total. The first-order valence-corrected chi connectivity index (χ1v) is 6.60. The van der Waals surface area contributed by atoms with E-state index >= 15 is 0 Å². The molecular weight excluding hydrogens is 285 g/mol. The van der Waals surface area contributed by atoms with E-state index in [1.807, 2.05) is 0 Å². The van der Waals surface area contributed by atoms with Gasteiger partial charge in [0.15, 0.2) is 5.82 Å². The van der Waals surface area contributed by atoms with E-state index in [0.29, 0.717) is 17.4 Å². The van der Waals surface area contributed by atoms with E-state index < -0.39 is 11.7 Å². The summed E-state index contributed by atoms with van der Waals surface area (Å²) in [4.78, 5) is 16.1. The molecule has 0 aliphatic rings. The van der Waals surface area contributed by atoms with Gasteiger partial charge in [-0.2, -0.15) is 4.98 Å². The highest BCUT2D eigenvalue weighted by Crippen LogP contribution is 2.20. The number of carbonyl (C=O) groups excluding carboxylic acids is 1. The van der Waals surface area contributed by atoms with E-state index in [1.165, 1.54) is 18.2 Å². The topological polar surface area (TPSA) is 68.0 Å². The third kappa shape index (κ3) is 2.85. The van der Waals surface area contributed by atoms with E-state index in [2.05, 4.69) is 15.5 Å². The van der Waals surface area contributed by atoms with Crippen molar-refractivity contribution in [3.63, 3.8) is 0 Å². The molecule has 1 aromatic heterocycles. The van der Waals surface area contributed by atoms with Crippen molar-refractivity contribution >= 4 is 11.6 Å². The Morgan fingerprint density at radius 3 is 2.50 bits per heavy atom. The fraction of sp³-hybridized carbons (Fsp3) is 0.0625. The number of nitrogens with one attached hydrogen (secondary N) is 1. The van der Waals surface area contributed by atoms with Crippen LogP contribution in [0, 0.1) is 12.7 Å². The van der Waals surface area contributed by atoms with Gasteiger partial charge in [0.05, 0.1) is 5.56 Å². The van der Waals surface area contributed by atoms with Gasteiger partial charge < -0.3 is 9.84 Å². The molecule has 0 bridgehead atoms. The highest BCUT2D eigenvalue weighted by atomic mass is 19.1. The third-order valence-electron chi connectivity index (χ3n) is 3.04. The highest BCUT2D eigenvalue weighted by molar-refractivity contribution is 6.04. The molecule has 0 saturated carbocycles. The van der Waals surface area contributed by atoms with Crippen molar-refractivity contribution in [2.75, 3.05) is 5.32 Å². The second kappa shape index (κ2) is 5.77. The van der Waals surface area contributed by atoms with E-state index in [9.17, 15) is 9.18 Å². The number of nitrogens with zero attached hydrogens (tertiary/aromatic N) is 2. The Morgan fingerprint density at radius 1 is 1.14 bits per heavy atom. The van der Waals surface area contributed by atoms with Gasteiger partial charge in [-0.1, -0.05) is 17.3 Å². The van der Waals surface area contributed by atoms with Crippen LogP contribution in [0.2, 0.25) is 0 Å². The molecule has 0 saturated heterocycles. The molecule has 0 aliphatic heterocycles. The van der Waals surface area contributed by atoms with Gasteiger partial charge in [0.2, 0.25) is 0 Å². The predicted octanol–water partition coefficient (Wildman–Crippen LogP) is 3.44. The molecule has 6 heteroatoms. The first-order valence-electron chi connectivity index (χ1n) is 6.60. The first kappa shape index (κ1) is 13.9. The summed E-state index contributed by atoms with van der Waals surface area (Å²) in [6, 6.07) is 12.7. The summed E-state index contributed by atoms with van der Waals surface area (Å²) in [7, 11) is 0. The maximum absolute atomic E-state index is 13.5. The van der Waals surface area contributed by atoms with Crippen molar-refractivity contribution < 1.29 is 13.7 Å². The molecule has 110 valence electrons. The van der Waals surface area contributed by atoms with Gasteiger partial charge in [-0.15, -0.1) is 0 Å². The Hall–Kier alpha value is -3.02. The van der Waals surface area contributed by atoms with Crippen LogP contribution in [0.5, 0.6) is 0 Å². The Kier molecular flexibility index (Phi) is 3.65. The molecule has 0 radical (unpaired) electrons. The van der Waals surface area contributed by atoms with E-state index in [0.717, 1.165) is 5.56 Å². The number of carbonyl (C=O) groups is 1. The molecule has 1 amide bonds. The van der Waals surface area contributed by atoms with Crippen LogP contribution in [0.15, 0.2) is 53.1 Å². The van der Waals surface area contributed by atoms with Crippen molar-refractivity contribution in [1.29, 1.82) is 0 Å². The molecule has 22 heavy (non-hydrogen) atoms. The molecule has 3 rings (SSSR count). The number of benzene rings is 2. The zero-order chi connectivity index (χ0) is 15.5. The first-order chi connectivity index (χ1) is 10.6. The van der Waals surface area contributed by atoms with Crippen molar-refractivity contribution in [1.82, 2.24) is 10.1 Å². The molecular formula is C16H12FN3O2. The standard InChI is InChI=1S/C16H12FN3O2/c1-10-18-16(22-20-10)11-6-8-12(9-7-11)19-15(21)13-4-2-3-5-14(13)17/h2-9H,1H3,(H,19,21). The van der Waals surface area contributed by atoms with Crippen LogP contribution in [0.4, 0.5) is 10.1 Å². The number of amides is 1. The third-order valence-corrected chi connectivity index (χ3v) is 3.04. The van der Waals surface area contributed by atoms with Crippen LogP contribution in [0.1, 0.15) is 16.2 Å². The van der Waals surface area contributed by atoms with Gasteiger partial charge in [0.1, 0.15) is 5.82 Å². The van der Waals surface area contributed by atoms with Gasteiger partial charge in [-0.25, -0.2) is 4.39 Å². The SMILES string of the molecule is Cc1noc(-c2ccc(NC(=O)c3ccccc3F)cc2)n1. The lowest BCUT2D eigenvalue weighted by atomic mass is 10.1. The summed E-state index contributed by atoms with van der Waals surface area (Å²) < 4.78 is 18.6. The van der Waals surface area contributed by atoms with Crippen molar-refractivity contribution in [2.24, 2.45) is 0 Å². The quantitative estimate of drug-likeness (QED) is 0.804. The molecule has 0 unspecified atom stereocenters. The lowest BCUT2D eigenvalue weighted by molar-refractivity contribution is 0.102. The van der Waals surface area contributed by atoms with Gasteiger partial charge in [-0.3, -0.25) is 4.79 Å². The summed E-state index contributed by atoms with van der Waals surface area (Å²) in [6.45, 7) is 1.73. The highest BCUT2D eigenvalue weighted by Gasteiger charge is 2.11. The lowest BCUT2D eigenvalue weighted by Crippen LogP contribution is -2.13. The number of hydrogen-bond acceptors (Lipinski definition) is 4. The molecule has 2 aromatic carbocycles. The molecule has 0 spiro atoms. The van der Waals surface area contributed by atoms with Crippen LogP contribution >= 0.6 is 0 Å². The lowest BCUT2D eigenvalue weighted by Gasteiger charge is -2.06. The van der Waals surface area contributed by atoms with E-state index in [-0.39, 0.29) is 5.56 Å². The average molecular weight is 297 g/mol. The van der Waals surface area contributed by atoms with Gasteiger partial charge in [-0.05, 0) is 43.3 Å².